The molecule has 5 nitrogen and oxygen atoms in total. The summed E-state index contributed by atoms with van der Waals surface area (Å²) in [6.45, 7) is 5.12. The van der Waals surface area contributed by atoms with Crippen molar-refractivity contribution in [1.82, 2.24) is 0 Å². The van der Waals surface area contributed by atoms with Crippen LogP contribution in [0.25, 0.3) is 6.08 Å². The van der Waals surface area contributed by atoms with E-state index >= 15 is 0 Å². The lowest BCUT2D eigenvalue weighted by Gasteiger charge is -2.18. The minimum atomic E-state index is -0.240. The van der Waals surface area contributed by atoms with Gasteiger partial charge >= 0.3 is 0 Å². The van der Waals surface area contributed by atoms with Crippen molar-refractivity contribution in [3.8, 4) is 23.0 Å². The van der Waals surface area contributed by atoms with Crippen LogP contribution in [0, 0.1) is 0 Å². The van der Waals surface area contributed by atoms with Crippen LogP contribution in [0.5, 0.6) is 23.0 Å². The molecule has 5 heteroatoms. The fraction of sp³-hybridized carbons (Fsp3) is 0.250. The van der Waals surface area contributed by atoms with Crippen molar-refractivity contribution < 1.29 is 24.1 Å². The van der Waals surface area contributed by atoms with Gasteiger partial charge in [-0.15, -0.1) is 0 Å². The summed E-state index contributed by atoms with van der Waals surface area (Å²) >= 11 is 0. The monoisotopic (exact) mass is 340 g/mol. The lowest BCUT2D eigenvalue weighted by molar-refractivity contribution is 0.103. The van der Waals surface area contributed by atoms with Gasteiger partial charge in [0.15, 0.2) is 17.3 Å². The molecule has 0 radical (unpaired) electrons. The summed E-state index contributed by atoms with van der Waals surface area (Å²) in [5.41, 5.74) is 1.59. The van der Waals surface area contributed by atoms with Crippen LogP contribution in [0.1, 0.15) is 29.8 Å². The van der Waals surface area contributed by atoms with Gasteiger partial charge in [-0.3, -0.25) is 4.79 Å². The summed E-state index contributed by atoms with van der Waals surface area (Å²) in [5.74, 6) is 1.58. The third-order valence-corrected chi connectivity index (χ3v) is 3.83. The number of allylic oxidation sites excluding steroid dienone is 1. The van der Waals surface area contributed by atoms with Crippen molar-refractivity contribution in [2.24, 2.45) is 0 Å². The number of hydrogen-bond donors (Lipinski definition) is 1. The maximum absolute atomic E-state index is 12.6. The highest BCUT2D eigenvalue weighted by Gasteiger charge is 2.15. The van der Waals surface area contributed by atoms with E-state index in [-0.39, 0.29) is 17.1 Å². The molecule has 130 valence electrons. The first-order valence-electron chi connectivity index (χ1n) is 8.17. The summed E-state index contributed by atoms with van der Waals surface area (Å²) in [6, 6.07) is 10.2. The highest BCUT2D eigenvalue weighted by Crippen LogP contribution is 2.32. The molecule has 1 heterocycles. The Labute approximate surface area is 146 Å². The van der Waals surface area contributed by atoms with E-state index in [0.717, 1.165) is 5.56 Å². The van der Waals surface area contributed by atoms with Gasteiger partial charge in [-0.25, -0.2) is 0 Å². The van der Waals surface area contributed by atoms with E-state index in [9.17, 15) is 9.90 Å². The Balaban J connectivity index is 1.83. The molecule has 1 N–H and O–H groups in total. The molecule has 0 aliphatic carbocycles. The first-order chi connectivity index (χ1) is 12.1. The number of carbonyl (C=O) groups is 1. The van der Waals surface area contributed by atoms with Crippen LogP contribution < -0.4 is 14.2 Å². The number of carbonyl (C=O) groups excluding carboxylic acids is 1. The number of phenolic OH excluding ortho intramolecular Hbond substituents is 1. The predicted octanol–water partition coefficient (Wildman–Crippen LogP) is 3.85. The molecule has 0 saturated heterocycles. The molecule has 0 bridgehead atoms. The van der Waals surface area contributed by atoms with E-state index in [1.807, 2.05) is 25.1 Å². The lowest BCUT2D eigenvalue weighted by atomic mass is 10.0. The van der Waals surface area contributed by atoms with Crippen LogP contribution in [0.2, 0.25) is 0 Å². The minimum absolute atomic E-state index is 0.0918. The maximum Gasteiger partial charge on any atom is 0.192 e. The molecule has 0 spiro atoms. The van der Waals surface area contributed by atoms with Crippen LogP contribution in [0.3, 0.4) is 0 Å². The minimum Gasteiger partial charge on any atom is -0.507 e. The van der Waals surface area contributed by atoms with Gasteiger partial charge in [0, 0.05) is 6.07 Å². The molecule has 2 aromatic carbocycles. The molecule has 0 unspecified atom stereocenters. The van der Waals surface area contributed by atoms with Crippen LogP contribution in [0.4, 0.5) is 0 Å². The first kappa shape index (κ1) is 16.9. The second kappa shape index (κ2) is 7.30. The van der Waals surface area contributed by atoms with Crippen molar-refractivity contribution in [2.45, 2.75) is 13.8 Å². The Hall–Kier alpha value is -2.95. The Bertz CT molecular complexity index is 823. The van der Waals surface area contributed by atoms with Crippen molar-refractivity contribution in [1.29, 1.82) is 0 Å². The maximum atomic E-state index is 12.6. The topological polar surface area (TPSA) is 65.0 Å². The van der Waals surface area contributed by atoms with Crippen molar-refractivity contribution in [3.63, 3.8) is 0 Å². The molecule has 0 fully saturated rings. The van der Waals surface area contributed by atoms with E-state index < -0.39 is 0 Å². The Morgan fingerprint density at radius 3 is 2.64 bits per heavy atom. The highest BCUT2D eigenvalue weighted by molar-refractivity contribution is 6.12. The number of Topliss-reactive ketones (excluding diaryl/α,β-unsaturated/α-hetero) is 1. The summed E-state index contributed by atoms with van der Waals surface area (Å²) in [6.07, 6.45) is 1.76. The normalized spacial score (nSPS) is 13.4. The molecular formula is C20H20O5. The number of ether oxygens (including phenoxy) is 3. The quantitative estimate of drug-likeness (QED) is 0.661. The van der Waals surface area contributed by atoms with Gasteiger partial charge in [-0.05, 0) is 55.3 Å². The molecule has 0 amide bonds. The number of ketones is 1. The Kier molecular flexibility index (Phi) is 4.93. The number of phenols is 1. The number of benzene rings is 2. The number of hydrogen-bond acceptors (Lipinski definition) is 5. The van der Waals surface area contributed by atoms with Crippen molar-refractivity contribution in [3.05, 3.63) is 53.1 Å². The average Bonchev–Trinajstić information content (AvgIpc) is 2.61. The van der Waals surface area contributed by atoms with E-state index in [1.165, 1.54) is 6.07 Å². The van der Waals surface area contributed by atoms with Crippen LogP contribution in [-0.2, 0) is 0 Å². The molecular weight excluding hydrogens is 320 g/mol. The third kappa shape index (κ3) is 3.76. The van der Waals surface area contributed by atoms with Gasteiger partial charge in [0.1, 0.15) is 24.7 Å². The zero-order valence-corrected chi connectivity index (χ0v) is 14.2. The molecule has 0 aromatic heterocycles. The van der Waals surface area contributed by atoms with E-state index in [2.05, 4.69) is 0 Å². The average molecular weight is 340 g/mol. The molecule has 2 aromatic rings. The van der Waals surface area contributed by atoms with E-state index in [0.29, 0.717) is 42.6 Å². The fourth-order valence-electron chi connectivity index (χ4n) is 2.64. The first-order valence-corrected chi connectivity index (χ1v) is 8.17. The van der Waals surface area contributed by atoms with Gasteiger partial charge < -0.3 is 19.3 Å². The molecule has 0 atom stereocenters. The zero-order valence-electron chi connectivity index (χ0n) is 14.2. The zero-order chi connectivity index (χ0) is 17.8. The highest BCUT2D eigenvalue weighted by atomic mass is 16.6. The standard InChI is InChI=1S/C20H20O5/c1-3-23-15-5-6-16(17(21)12-15)20(22)13(2)10-14-4-7-18-19(11-14)25-9-8-24-18/h4-7,10-12,21H,3,8-9H2,1-2H3/b13-10+. The fourth-order valence-corrected chi connectivity index (χ4v) is 2.64. The lowest BCUT2D eigenvalue weighted by Crippen LogP contribution is -2.15. The van der Waals surface area contributed by atoms with Crippen LogP contribution in [-0.4, -0.2) is 30.7 Å². The number of rotatable bonds is 5. The van der Waals surface area contributed by atoms with Gasteiger partial charge in [0.2, 0.25) is 0 Å². The molecule has 1 aliphatic heterocycles. The van der Waals surface area contributed by atoms with E-state index in [4.69, 9.17) is 14.2 Å². The molecule has 3 rings (SSSR count). The SMILES string of the molecule is CCOc1ccc(C(=O)/C(C)=C/c2ccc3c(c2)OCCO3)c(O)c1. The smallest absolute Gasteiger partial charge is 0.192 e. The van der Waals surface area contributed by atoms with Gasteiger partial charge in [-0.1, -0.05) is 6.07 Å². The van der Waals surface area contributed by atoms with Crippen LogP contribution in [0.15, 0.2) is 42.0 Å². The molecule has 1 aliphatic rings. The van der Waals surface area contributed by atoms with Gasteiger partial charge in [0.25, 0.3) is 0 Å². The predicted molar refractivity (Wildman–Crippen MR) is 94.7 cm³/mol. The van der Waals surface area contributed by atoms with Crippen molar-refractivity contribution in [2.75, 3.05) is 19.8 Å². The Morgan fingerprint density at radius 1 is 1.16 bits per heavy atom. The summed E-state index contributed by atoms with van der Waals surface area (Å²) in [5, 5.41) is 10.1. The molecule has 25 heavy (non-hydrogen) atoms. The largest absolute Gasteiger partial charge is 0.507 e. The van der Waals surface area contributed by atoms with Gasteiger partial charge in [-0.2, -0.15) is 0 Å². The Morgan fingerprint density at radius 2 is 1.92 bits per heavy atom. The van der Waals surface area contributed by atoms with Gasteiger partial charge in [0.05, 0.1) is 12.2 Å². The van der Waals surface area contributed by atoms with Crippen molar-refractivity contribution >= 4 is 11.9 Å². The summed E-state index contributed by atoms with van der Waals surface area (Å²) in [4.78, 5) is 12.6. The number of fused-ring (bicyclic) bond motifs is 1. The second-order valence-electron chi connectivity index (χ2n) is 5.67. The third-order valence-electron chi connectivity index (χ3n) is 3.83. The molecule has 0 saturated carbocycles. The second-order valence-corrected chi connectivity index (χ2v) is 5.67. The summed E-state index contributed by atoms with van der Waals surface area (Å²) < 4.78 is 16.4. The summed E-state index contributed by atoms with van der Waals surface area (Å²) in [7, 11) is 0. The number of aromatic hydroxyl groups is 1. The van der Waals surface area contributed by atoms with Crippen LogP contribution >= 0.6 is 0 Å². The van der Waals surface area contributed by atoms with E-state index in [1.54, 1.807) is 25.1 Å².